The summed E-state index contributed by atoms with van der Waals surface area (Å²) < 4.78 is 14.2. The van der Waals surface area contributed by atoms with Crippen LogP contribution in [0.1, 0.15) is 20.7 Å². The average Bonchev–Trinajstić information content (AvgIpc) is 3.58. The molecule has 0 bridgehead atoms. The van der Waals surface area contributed by atoms with Crippen LogP contribution in [0.4, 0.5) is 0 Å². The monoisotopic (exact) mass is 526 g/mol. The number of hydrogen-bond donors (Lipinski definition) is 0. The molecular weight excluding hydrogens is 500 g/mol. The highest BCUT2D eigenvalue weighted by Crippen LogP contribution is 2.38. The Morgan fingerprint density at radius 2 is 0.850 bits per heavy atom. The standard InChI is InChI=1S/C34H26N2O4/c1-39-33(37)25-13-17-27(18-14-25)35-29(23-9-5-3-6-10-23)21-32-31(35)22-30(24-11-7-4-8-12-24)36(32)28-19-15-26(16-20-28)34(38)40-2/h3-22H,1-2H3. The first-order chi connectivity index (χ1) is 19.6. The lowest BCUT2D eigenvalue weighted by Crippen LogP contribution is -2.02. The fourth-order valence-corrected chi connectivity index (χ4v) is 5.08. The summed E-state index contributed by atoms with van der Waals surface area (Å²) in [4.78, 5) is 24.2. The van der Waals surface area contributed by atoms with Gasteiger partial charge >= 0.3 is 11.9 Å². The maximum Gasteiger partial charge on any atom is 0.337 e. The molecule has 2 aromatic heterocycles. The molecule has 6 heteroatoms. The quantitative estimate of drug-likeness (QED) is 0.213. The molecule has 0 radical (unpaired) electrons. The van der Waals surface area contributed by atoms with E-state index in [0.717, 1.165) is 44.9 Å². The number of aromatic nitrogens is 2. The van der Waals surface area contributed by atoms with Crippen molar-refractivity contribution in [3.8, 4) is 33.9 Å². The summed E-state index contributed by atoms with van der Waals surface area (Å²) >= 11 is 0. The molecule has 0 atom stereocenters. The van der Waals surface area contributed by atoms with E-state index in [2.05, 4.69) is 45.5 Å². The zero-order valence-corrected chi connectivity index (χ0v) is 22.1. The van der Waals surface area contributed by atoms with Crippen LogP contribution < -0.4 is 0 Å². The molecule has 0 amide bonds. The number of carbonyl (C=O) groups excluding carboxylic acids is 2. The maximum atomic E-state index is 12.1. The van der Waals surface area contributed by atoms with Crippen molar-refractivity contribution >= 4 is 23.0 Å². The minimum absolute atomic E-state index is 0.375. The van der Waals surface area contributed by atoms with Crippen molar-refractivity contribution in [3.05, 3.63) is 132 Å². The van der Waals surface area contributed by atoms with E-state index in [1.54, 1.807) is 24.3 Å². The van der Waals surface area contributed by atoms with Crippen LogP contribution in [0.25, 0.3) is 44.9 Å². The largest absolute Gasteiger partial charge is 0.465 e. The summed E-state index contributed by atoms with van der Waals surface area (Å²) in [5, 5.41) is 0. The molecule has 0 aliphatic heterocycles. The fourth-order valence-electron chi connectivity index (χ4n) is 5.08. The van der Waals surface area contributed by atoms with Gasteiger partial charge in [-0.15, -0.1) is 0 Å². The summed E-state index contributed by atoms with van der Waals surface area (Å²) in [6, 6.07) is 39.6. The van der Waals surface area contributed by atoms with E-state index in [1.807, 2.05) is 60.7 Å². The van der Waals surface area contributed by atoms with Gasteiger partial charge in [0.1, 0.15) is 0 Å². The number of nitrogens with zero attached hydrogens (tertiary/aromatic N) is 2. The molecule has 4 aromatic carbocycles. The lowest BCUT2D eigenvalue weighted by atomic mass is 10.1. The molecule has 40 heavy (non-hydrogen) atoms. The molecule has 0 unspecified atom stereocenters. The Labute approximate surface area is 231 Å². The third-order valence-electron chi connectivity index (χ3n) is 7.01. The summed E-state index contributed by atoms with van der Waals surface area (Å²) in [6.45, 7) is 0. The second-order valence-electron chi connectivity index (χ2n) is 9.31. The van der Waals surface area contributed by atoms with Crippen molar-refractivity contribution in [1.82, 2.24) is 9.13 Å². The second-order valence-corrected chi connectivity index (χ2v) is 9.31. The van der Waals surface area contributed by atoms with Gasteiger partial charge in [0.2, 0.25) is 0 Å². The van der Waals surface area contributed by atoms with Crippen LogP contribution in [-0.4, -0.2) is 35.3 Å². The molecule has 0 saturated carbocycles. The number of methoxy groups -OCH3 is 2. The lowest BCUT2D eigenvalue weighted by molar-refractivity contribution is 0.0592. The molecule has 2 heterocycles. The Hall–Kier alpha value is -5.36. The number of fused-ring (bicyclic) bond motifs is 1. The Kier molecular flexibility index (Phi) is 6.50. The van der Waals surface area contributed by atoms with E-state index in [1.165, 1.54) is 14.2 Å². The predicted molar refractivity (Wildman–Crippen MR) is 156 cm³/mol. The highest BCUT2D eigenvalue weighted by atomic mass is 16.5. The van der Waals surface area contributed by atoms with E-state index in [0.29, 0.717) is 11.1 Å². The fraction of sp³-hybridized carbons (Fsp3) is 0.0588. The van der Waals surface area contributed by atoms with Crippen LogP contribution >= 0.6 is 0 Å². The molecule has 0 fully saturated rings. The molecular formula is C34H26N2O4. The van der Waals surface area contributed by atoms with E-state index in [4.69, 9.17) is 9.47 Å². The van der Waals surface area contributed by atoms with Gasteiger partial charge in [-0.25, -0.2) is 9.59 Å². The molecule has 196 valence electrons. The zero-order chi connectivity index (χ0) is 27.6. The van der Waals surface area contributed by atoms with Gasteiger partial charge in [-0.2, -0.15) is 0 Å². The molecule has 6 aromatic rings. The number of hydrogen-bond acceptors (Lipinski definition) is 4. The van der Waals surface area contributed by atoms with Gasteiger partial charge < -0.3 is 18.6 Å². The van der Waals surface area contributed by atoms with Gasteiger partial charge in [0.15, 0.2) is 0 Å². The molecule has 0 spiro atoms. The molecule has 6 nitrogen and oxygen atoms in total. The second kappa shape index (κ2) is 10.4. The Morgan fingerprint density at radius 1 is 0.500 bits per heavy atom. The summed E-state index contributed by atoms with van der Waals surface area (Å²) in [5.74, 6) is -0.749. The molecule has 0 aliphatic carbocycles. The van der Waals surface area contributed by atoms with Gasteiger partial charge in [0.25, 0.3) is 0 Å². The Morgan fingerprint density at radius 3 is 1.18 bits per heavy atom. The van der Waals surface area contributed by atoms with Crippen molar-refractivity contribution in [2.24, 2.45) is 0 Å². The van der Waals surface area contributed by atoms with Crippen LogP contribution in [0.2, 0.25) is 0 Å². The third-order valence-corrected chi connectivity index (χ3v) is 7.01. The van der Waals surface area contributed by atoms with Crippen LogP contribution in [0.5, 0.6) is 0 Å². The topological polar surface area (TPSA) is 62.5 Å². The minimum atomic E-state index is -0.375. The first-order valence-corrected chi connectivity index (χ1v) is 12.8. The number of ether oxygens (including phenoxy) is 2. The average molecular weight is 527 g/mol. The van der Waals surface area contributed by atoms with Gasteiger partial charge in [0.05, 0.1) is 47.8 Å². The summed E-state index contributed by atoms with van der Waals surface area (Å²) in [5.41, 5.74) is 8.95. The van der Waals surface area contributed by atoms with Crippen LogP contribution in [0, 0.1) is 0 Å². The van der Waals surface area contributed by atoms with Crippen molar-refractivity contribution in [3.63, 3.8) is 0 Å². The van der Waals surface area contributed by atoms with Crippen molar-refractivity contribution < 1.29 is 19.1 Å². The Bertz CT molecular complexity index is 1680. The highest BCUT2D eigenvalue weighted by molar-refractivity contribution is 5.95. The normalized spacial score (nSPS) is 10.9. The van der Waals surface area contributed by atoms with Gasteiger partial charge in [-0.05, 0) is 71.8 Å². The van der Waals surface area contributed by atoms with Gasteiger partial charge in [0, 0.05) is 11.4 Å². The van der Waals surface area contributed by atoms with Crippen LogP contribution in [0.15, 0.2) is 121 Å². The van der Waals surface area contributed by atoms with Crippen molar-refractivity contribution in [1.29, 1.82) is 0 Å². The number of benzene rings is 4. The number of rotatable bonds is 6. The number of carbonyl (C=O) groups is 2. The molecule has 0 N–H and O–H groups in total. The molecule has 0 aliphatic rings. The molecule has 6 rings (SSSR count). The van der Waals surface area contributed by atoms with E-state index < -0.39 is 0 Å². The van der Waals surface area contributed by atoms with E-state index in [-0.39, 0.29) is 11.9 Å². The van der Waals surface area contributed by atoms with E-state index >= 15 is 0 Å². The SMILES string of the molecule is COC(=O)c1ccc(-n2c(-c3ccccc3)cc3c2cc(-c2ccccc2)n3-c2ccc(C(=O)OC)cc2)cc1. The zero-order valence-electron chi connectivity index (χ0n) is 22.1. The Balaban J connectivity index is 1.63. The van der Waals surface area contributed by atoms with E-state index in [9.17, 15) is 9.59 Å². The van der Waals surface area contributed by atoms with Gasteiger partial charge in [-0.3, -0.25) is 0 Å². The maximum absolute atomic E-state index is 12.1. The van der Waals surface area contributed by atoms with Crippen molar-refractivity contribution in [2.45, 2.75) is 0 Å². The van der Waals surface area contributed by atoms with Gasteiger partial charge in [-0.1, -0.05) is 60.7 Å². The summed E-state index contributed by atoms with van der Waals surface area (Å²) in [6.07, 6.45) is 0. The minimum Gasteiger partial charge on any atom is -0.465 e. The van der Waals surface area contributed by atoms with Crippen LogP contribution in [-0.2, 0) is 9.47 Å². The van der Waals surface area contributed by atoms with Crippen LogP contribution in [0.3, 0.4) is 0 Å². The summed E-state index contributed by atoms with van der Waals surface area (Å²) in [7, 11) is 2.76. The third kappa shape index (κ3) is 4.35. The first kappa shape index (κ1) is 24.9. The first-order valence-electron chi connectivity index (χ1n) is 12.8. The number of esters is 2. The lowest BCUT2D eigenvalue weighted by Gasteiger charge is -2.12. The highest BCUT2D eigenvalue weighted by Gasteiger charge is 2.21. The molecule has 0 saturated heterocycles. The van der Waals surface area contributed by atoms with Crippen molar-refractivity contribution in [2.75, 3.05) is 14.2 Å². The smallest absolute Gasteiger partial charge is 0.337 e. The predicted octanol–water partition coefficient (Wildman–Crippen LogP) is 7.33.